The quantitative estimate of drug-likeness (QED) is 0.668. The van der Waals surface area contributed by atoms with E-state index in [2.05, 4.69) is 16.0 Å². The van der Waals surface area contributed by atoms with Gasteiger partial charge in [0.2, 0.25) is 0 Å². The number of amides is 3. The topological polar surface area (TPSA) is 105 Å². The molecule has 7 nitrogen and oxygen atoms in total. The monoisotopic (exact) mass is 328 g/mol. The van der Waals surface area contributed by atoms with Gasteiger partial charge in [0.05, 0.1) is 0 Å². The molecule has 1 aliphatic heterocycles. The largest absolute Gasteiger partial charge is 0.368 e. The van der Waals surface area contributed by atoms with Gasteiger partial charge in [0.25, 0.3) is 5.91 Å². The molecule has 0 bridgehead atoms. The number of hydrogen-bond donors (Lipinski definition) is 4. The van der Waals surface area contributed by atoms with Crippen molar-refractivity contribution in [3.63, 3.8) is 0 Å². The molecule has 0 aromatic heterocycles. The van der Waals surface area contributed by atoms with Crippen molar-refractivity contribution in [2.45, 2.75) is 18.4 Å². The fourth-order valence-electron chi connectivity index (χ4n) is 2.42. The maximum absolute atomic E-state index is 12.5. The second-order valence-corrected chi connectivity index (χ2v) is 4.97. The highest BCUT2D eigenvalue weighted by molar-refractivity contribution is 5.98. The van der Waals surface area contributed by atoms with Gasteiger partial charge in [-0.3, -0.25) is 4.79 Å². The third-order valence-electron chi connectivity index (χ3n) is 3.60. The molecule has 122 valence electrons. The van der Waals surface area contributed by atoms with Crippen LogP contribution in [0.4, 0.5) is 16.2 Å². The Morgan fingerprint density at radius 2 is 1.82 bits per heavy atom. The van der Waals surface area contributed by atoms with Crippen LogP contribution in [0, 0.1) is 0 Å². The fourth-order valence-corrected chi connectivity index (χ4v) is 2.42. The molecule has 1 aromatic rings. The van der Waals surface area contributed by atoms with Crippen molar-refractivity contribution in [1.82, 2.24) is 5.32 Å². The van der Waals surface area contributed by atoms with Gasteiger partial charge in [-0.15, -0.1) is 12.4 Å². The molecule has 2 rings (SSSR count). The molecule has 0 unspecified atom stereocenters. The summed E-state index contributed by atoms with van der Waals surface area (Å²) in [6, 6.07) is 6.16. The van der Waals surface area contributed by atoms with Gasteiger partial charge < -0.3 is 26.4 Å². The van der Waals surface area contributed by atoms with Crippen LogP contribution in [0.25, 0.3) is 0 Å². The molecule has 22 heavy (non-hydrogen) atoms. The molecule has 5 N–H and O–H groups in total. The second-order valence-electron chi connectivity index (χ2n) is 4.97. The first kappa shape index (κ1) is 18.2. The zero-order valence-electron chi connectivity index (χ0n) is 12.3. The first-order valence-electron chi connectivity index (χ1n) is 6.79. The number of benzene rings is 1. The Labute approximate surface area is 135 Å². The van der Waals surface area contributed by atoms with E-state index in [4.69, 9.17) is 10.5 Å². The first-order valence-corrected chi connectivity index (χ1v) is 6.79. The highest BCUT2D eigenvalue weighted by atomic mass is 35.5. The summed E-state index contributed by atoms with van der Waals surface area (Å²) in [7, 11) is 1.55. The minimum Gasteiger partial charge on any atom is -0.368 e. The highest BCUT2D eigenvalue weighted by Crippen LogP contribution is 2.25. The zero-order chi connectivity index (χ0) is 15.3. The lowest BCUT2D eigenvalue weighted by atomic mass is 9.91. The number of rotatable bonds is 4. The van der Waals surface area contributed by atoms with Gasteiger partial charge in [0.1, 0.15) is 5.60 Å². The van der Waals surface area contributed by atoms with E-state index in [0.29, 0.717) is 24.2 Å². The van der Waals surface area contributed by atoms with Gasteiger partial charge >= 0.3 is 6.03 Å². The number of urea groups is 1. The highest BCUT2D eigenvalue weighted by Gasteiger charge is 2.39. The molecule has 1 saturated heterocycles. The average Bonchev–Trinajstić information content (AvgIpc) is 2.47. The maximum atomic E-state index is 12.5. The SMILES string of the molecule is COC1(C(=O)Nc2cccc(NC(N)=O)c2)CCNCC1.Cl. The summed E-state index contributed by atoms with van der Waals surface area (Å²) in [5, 5.41) is 8.50. The van der Waals surface area contributed by atoms with E-state index >= 15 is 0 Å². The number of nitrogens with two attached hydrogens (primary N) is 1. The van der Waals surface area contributed by atoms with Crippen LogP contribution in [0.3, 0.4) is 0 Å². The van der Waals surface area contributed by atoms with Crippen molar-refractivity contribution in [1.29, 1.82) is 0 Å². The molecule has 0 radical (unpaired) electrons. The van der Waals surface area contributed by atoms with E-state index in [9.17, 15) is 9.59 Å². The van der Waals surface area contributed by atoms with Crippen molar-refractivity contribution in [2.75, 3.05) is 30.8 Å². The smallest absolute Gasteiger partial charge is 0.316 e. The minimum absolute atomic E-state index is 0. The number of hydrogen-bond acceptors (Lipinski definition) is 4. The van der Waals surface area contributed by atoms with Gasteiger partial charge in [0.15, 0.2) is 0 Å². The Kier molecular flexibility index (Phi) is 6.61. The molecule has 1 heterocycles. The Hall–Kier alpha value is -1.83. The van der Waals surface area contributed by atoms with Crippen LogP contribution in [0.2, 0.25) is 0 Å². The van der Waals surface area contributed by atoms with Gasteiger partial charge in [-0.05, 0) is 44.1 Å². The van der Waals surface area contributed by atoms with Crippen LogP contribution < -0.4 is 21.7 Å². The maximum Gasteiger partial charge on any atom is 0.316 e. The number of piperidine rings is 1. The molecule has 8 heteroatoms. The minimum atomic E-state index is -0.807. The lowest BCUT2D eigenvalue weighted by molar-refractivity contribution is -0.140. The number of nitrogens with one attached hydrogen (secondary N) is 3. The van der Waals surface area contributed by atoms with Crippen LogP contribution in [0.5, 0.6) is 0 Å². The molecule has 0 atom stereocenters. The number of ether oxygens (including phenoxy) is 1. The molecule has 3 amide bonds. The Morgan fingerprint density at radius 3 is 2.36 bits per heavy atom. The summed E-state index contributed by atoms with van der Waals surface area (Å²) in [5.41, 5.74) is 5.37. The molecular weight excluding hydrogens is 308 g/mol. The lowest BCUT2D eigenvalue weighted by Gasteiger charge is -2.34. The van der Waals surface area contributed by atoms with Crippen molar-refractivity contribution in [3.8, 4) is 0 Å². The summed E-state index contributed by atoms with van der Waals surface area (Å²) in [5.74, 6) is -0.178. The van der Waals surface area contributed by atoms with Crippen LogP contribution >= 0.6 is 12.4 Å². The first-order chi connectivity index (χ1) is 10.1. The summed E-state index contributed by atoms with van der Waals surface area (Å²) in [6.45, 7) is 1.48. The zero-order valence-corrected chi connectivity index (χ0v) is 13.2. The van der Waals surface area contributed by atoms with Gasteiger partial charge in [-0.1, -0.05) is 6.07 Å². The van der Waals surface area contributed by atoms with E-state index in [0.717, 1.165) is 13.1 Å². The Morgan fingerprint density at radius 1 is 1.23 bits per heavy atom. The summed E-state index contributed by atoms with van der Waals surface area (Å²) in [6.07, 6.45) is 1.24. The summed E-state index contributed by atoms with van der Waals surface area (Å²) in [4.78, 5) is 23.3. The average molecular weight is 329 g/mol. The van der Waals surface area contributed by atoms with Gasteiger partial charge in [0, 0.05) is 18.5 Å². The van der Waals surface area contributed by atoms with E-state index in [1.54, 1.807) is 31.4 Å². The number of anilines is 2. The predicted molar refractivity (Wildman–Crippen MR) is 87.4 cm³/mol. The van der Waals surface area contributed by atoms with Gasteiger partial charge in [-0.25, -0.2) is 4.79 Å². The summed E-state index contributed by atoms with van der Waals surface area (Å²) >= 11 is 0. The van der Waals surface area contributed by atoms with Crippen LogP contribution in [0.15, 0.2) is 24.3 Å². The molecule has 0 aliphatic carbocycles. The number of carbonyl (C=O) groups excluding carboxylic acids is 2. The molecular formula is C14H21ClN4O3. The van der Waals surface area contributed by atoms with E-state index < -0.39 is 11.6 Å². The third kappa shape index (κ3) is 4.33. The standard InChI is InChI=1S/C14H20N4O3.ClH/c1-21-14(5-7-16-8-6-14)12(19)17-10-3-2-4-11(9-10)18-13(15)20;/h2-4,9,16H,5-8H2,1H3,(H,17,19)(H3,15,18,20);1H. The Balaban J connectivity index is 0.00000242. The number of carbonyl (C=O) groups is 2. The van der Waals surface area contributed by atoms with Gasteiger partial charge in [-0.2, -0.15) is 0 Å². The van der Waals surface area contributed by atoms with Crippen LogP contribution in [-0.4, -0.2) is 37.7 Å². The predicted octanol–water partition coefficient (Wildman–Crippen LogP) is 1.31. The lowest BCUT2D eigenvalue weighted by Crippen LogP contribution is -2.51. The van der Waals surface area contributed by atoms with Crippen molar-refractivity contribution in [2.24, 2.45) is 5.73 Å². The van der Waals surface area contributed by atoms with Crippen molar-refractivity contribution >= 4 is 35.7 Å². The molecule has 1 aliphatic rings. The summed E-state index contributed by atoms with van der Waals surface area (Å²) < 4.78 is 5.47. The van der Waals surface area contributed by atoms with E-state index in [1.165, 1.54) is 0 Å². The fraction of sp³-hybridized carbons (Fsp3) is 0.429. The third-order valence-corrected chi connectivity index (χ3v) is 3.60. The van der Waals surface area contributed by atoms with Crippen LogP contribution in [-0.2, 0) is 9.53 Å². The molecule has 1 fully saturated rings. The second kappa shape index (κ2) is 7.98. The Bertz CT molecular complexity index is 533. The normalized spacial score (nSPS) is 16.2. The molecule has 0 spiro atoms. The number of halogens is 1. The van der Waals surface area contributed by atoms with Crippen LogP contribution in [0.1, 0.15) is 12.8 Å². The molecule has 0 saturated carbocycles. The number of primary amides is 1. The van der Waals surface area contributed by atoms with E-state index in [1.807, 2.05) is 0 Å². The molecule has 1 aromatic carbocycles. The van der Waals surface area contributed by atoms with Crippen molar-refractivity contribution < 1.29 is 14.3 Å². The van der Waals surface area contributed by atoms with Crippen molar-refractivity contribution in [3.05, 3.63) is 24.3 Å². The van der Waals surface area contributed by atoms with E-state index in [-0.39, 0.29) is 18.3 Å². The number of methoxy groups -OCH3 is 1.